The van der Waals surface area contributed by atoms with E-state index in [1.807, 2.05) is 109 Å². The predicted molar refractivity (Wildman–Crippen MR) is 220 cm³/mol. The Labute approximate surface area is 352 Å². The molecular formula is C48H37F5N2O5S. The van der Waals surface area contributed by atoms with Gasteiger partial charge in [0.15, 0.2) is 35.3 Å². The molecule has 0 bridgehead atoms. The fourth-order valence-electron chi connectivity index (χ4n) is 7.25. The van der Waals surface area contributed by atoms with E-state index in [2.05, 4.69) is 12.2 Å². The molecule has 0 spiro atoms. The van der Waals surface area contributed by atoms with Crippen LogP contribution in [0, 0.1) is 35.0 Å². The molecule has 61 heavy (non-hydrogen) atoms. The van der Waals surface area contributed by atoms with Gasteiger partial charge in [-0.3, -0.25) is 4.79 Å². The molecule has 0 aliphatic carbocycles. The number of benzene rings is 6. The Bertz CT molecular complexity index is 2560. The summed E-state index contributed by atoms with van der Waals surface area (Å²) >= 11 is 1.45. The molecule has 1 saturated heterocycles. The molecule has 13 heteroatoms. The molecule has 4 atom stereocenters. The first-order valence-corrected chi connectivity index (χ1v) is 20.3. The van der Waals surface area contributed by atoms with E-state index in [0.717, 1.165) is 27.9 Å². The van der Waals surface area contributed by atoms with Crippen molar-refractivity contribution in [2.24, 2.45) is 5.92 Å². The summed E-state index contributed by atoms with van der Waals surface area (Å²) in [6.45, 7) is 1.70. The maximum absolute atomic E-state index is 14.3. The zero-order valence-electron chi connectivity index (χ0n) is 32.5. The van der Waals surface area contributed by atoms with Crippen LogP contribution in [-0.2, 0) is 22.6 Å². The fraction of sp³-hybridized carbons (Fsp3) is 0.167. The lowest BCUT2D eigenvalue weighted by atomic mass is 9.91. The summed E-state index contributed by atoms with van der Waals surface area (Å²) in [6, 6.07) is 41.6. The minimum absolute atomic E-state index is 0.0917. The quantitative estimate of drug-likeness (QED) is 0.0547. The van der Waals surface area contributed by atoms with Crippen molar-refractivity contribution in [1.82, 2.24) is 10.3 Å². The highest BCUT2D eigenvalue weighted by molar-refractivity contribution is 7.99. The number of aliphatic hydroxyl groups excluding tert-OH is 1. The fourth-order valence-corrected chi connectivity index (χ4v) is 8.23. The van der Waals surface area contributed by atoms with Gasteiger partial charge < -0.3 is 24.3 Å². The molecule has 0 saturated carbocycles. The van der Waals surface area contributed by atoms with Gasteiger partial charge in [-0.25, -0.2) is 26.9 Å². The van der Waals surface area contributed by atoms with Crippen molar-refractivity contribution >= 4 is 17.7 Å². The lowest BCUT2D eigenvalue weighted by Gasteiger charge is -2.41. The predicted octanol–water partition coefficient (Wildman–Crippen LogP) is 11.4. The molecule has 1 aliphatic rings. The van der Waals surface area contributed by atoms with E-state index in [9.17, 15) is 31.9 Å². The van der Waals surface area contributed by atoms with E-state index in [-0.39, 0.29) is 31.3 Å². The van der Waals surface area contributed by atoms with Gasteiger partial charge in [0.25, 0.3) is 11.1 Å². The summed E-state index contributed by atoms with van der Waals surface area (Å²) in [4.78, 5) is 17.6. The first kappa shape index (κ1) is 41.6. The van der Waals surface area contributed by atoms with E-state index in [1.165, 1.54) is 11.8 Å². The number of aromatic nitrogens is 1. The number of ether oxygens (including phenoxy) is 2. The van der Waals surface area contributed by atoms with Gasteiger partial charge in [0.2, 0.25) is 5.82 Å². The molecule has 2 heterocycles. The number of nitrogens with zero attached hydrogens (tertiary/aromatic N) is 1. The van der Waals surface area contributed by atoms with Gasteiger partial charge in [0.1, 0.15) is 11.3 Å². The largest absolute Gasteiger partial charge is 0.431 e. The summed E-state index contributed by atoms with van der Waals surface area (Å²) in [7, 11) is 0. The Hall–Kier alpha value is -6.12. The molecule has 1 aliphatic heterocycles. The van der Waals surface area contributed by atoms with E-state index in [1.54, 1.807) is 24.3 Å². The Kier molecular flexibility index (Phi) is 12.4. The average molecular weight is 849 g/mol. The Balaban J connectivity index is 1.03. The number of amides is 1. The number of carbonyl (C=O) groups is 1. The van der Waals surface area contributed by atoms with Crippen molar-refractivity contribution in [2.45, 2.75) is 43.8 Å². The van der Waals surface area contributed by atoms with Gasteiger partial charge in [-0.15, -0.1) is 0 Å². The maximum Gasteiger partial charge on any atom is 0.257 e. The van der Waals surface area contributed by atoms with Crippen molar-refractivity contribution in [1.29, 1.82) is 0 Å². The third-order valence-electron chi connectivity index (χ3n) is 10.6. The van der Waals surface area contributed by atoms with Gasteiger partial charge in [0, 0.05) is 34.9 Å². The summed E-state index contributed by atoms with van der Waals surface area (Å²) in [6.07, 6.45) is -1.51. The molecule has 7 nitrogen and oxygen atoms in total. The number of halogens is 5. The second-order valence-electron chi connectivity index (χ2n) is 14.4. The van der Waals surface area contributed by atoms with E-state index in [0.29, 0.717) is 39.0 Å². The molecule has 7 aromatic rings. The van der Waals surface area contributed by atoms with Crippen LogP contribution in [-0.4, -0.2) is 27.9 Å². The number of rotatable bonds is 12. The number of hydrogen-bond donors (Lipinski definition) is 2. The van der Waals surface area contributed by atoms with Crippen LogP contribution in [0.3, 0.4) is 0 Å². The lowest BCUT2D eigenvalue weighted by molar-refractivity contribution is -0.268. The van der Waals surface area contributed by atoms with Gasteiger partial charge in [0.05, 0.1) is 18.8 Å². The van der Waals surface area contributed by atoms with Crippen molar-refractivity contribution in [3.05, 3.63) is 190 Å². The third-order valence-corrected chi connectivity index (χ3v) is 11.5. The van der Waals surface area contributed by atoms with E-state index >= 15 is 0 Å². The Morgan fingerprint density at radius 2 is 1.28 bits per heavy atom. The second-order valence-corrected chi connectivity index (χ2v) is 15.4. The van der Waals surface area contributed by atoms with Crippen LogP contribution >= 0.6 is 11.8 Å². The standard InChI is InChI=1S/C48H37F5N2O5S/c1-27-36(26-61-48-55-43(30-10-4-2-5-11-30)45(60-48)31-12-6-3-7-13-31)58-47(59-44(27)32-18-16-28(25-56)17-19-32)33-22-20-29(21-23-33)35-15-9-8-14-34(35)24-54-46(57)37-38(49)40(51)42(53)41(52)39(37)50/h2-23,27,36,44,47,56H,24-26H2,1H3,(H,54,57). The first-order valence-electron chi connectivity index (χ1n) is 19.3. The van der Waals surface area contributed by atoms with Crippen LogP contribution in [0.4, 0.5) is 22.0 Å². The molecule has 2 N–H and O–H groups in total. The SMILES string of the molecule is CC1C(CSc2nc(-c3ccccc3)c(-c3ccccc3)o2)OC(c2ccc(-c3ccccc3CNC(=O)c3c(F)c(F)c(F)c(F)c3F)cc2)OC1c1ccc(CO)cc1. The summed E-state index contributed by atoms with van der Waals surface area (Å²) in [5, 5.41) is 12.5. The van der Waals surface area contributed by atoms with Crippen LogP contribution in [0.5, 0.6) is 0 Å². The topological polar surface area (TPSA) is 93.8 Å². The van der Waals surface area contributed by atoms with E-state index < -0.39 is 46.8 Å². The van der Waals surface area contributed by atoms with Crippen LogP contribution < -0.4 is 5.32 Å². The van der Waals surface area contributed by atoms with Crippen LogP contribution in [0.25, 0.3) is 33.7 Å². The normalized spacial score (nSPS) is 17.6. The highest BCUT2D eigenvalue weighted by atomic mass is 32.2. The Morgan fingerprint density at radius 3 is 1.93 bits per heavy atom. The van der Waals surface area contributed by atoms with Gasteiger partial charge >= 0.3 is 0 Å². The molecule has 8 rings (SSSR count). The molecule has 1 fully saturated rings. The smallest absolute Gasteiger partial charge is 0.257 e. The zero-order valence-corrected chi connectivity index (χ0v) is 33.3. The molecule has 1 amide bonds. The molecule has 6 aromatic carbocycles. The molecule has 0 radical (unpaired) electrons. The Morgan fingerprint density at radius 1 is 0.689 bits per heavy atom. The number of nitrogens with one attached hydrogen (secondary N) is 1. The third kappa shape index (κ3) is 8.73. The second kappa shape index (κ2) is 18.2. The molecule has 310 valence electrons. The van der Waals surface area contributed by atoms with Crippen molar-refractivity contribution in [3.63, 3.8) is 0 Å². The summed E-state index contributed by atoms with van der Waals surface area (Å²) in [5.41, 5.74) is 5.30. The highest BCUT2D eigenvalue weighted by Crippen LogP contribution is 2.44. The number of oxazole rings is 1. The maximum atomic E-state index is 14.3. The number of aliphatic hydroxyl groups is 1. The summed E-state index contributed by atoms with van der Waals surface area (Å²) < 4.78 is 89.7. The minimum Gasteiger partial charge on any atom is -0.431 e. The van der Waals surface area contributed by atoms with Gasteiger partial charge in [-0.2, -0.15) is 0 Å². The average Bonchev–Trinajstić information content (AvgIpc) is 3.74. The van der Waals surface area contributed by atoms with Crippen LogP contribution in [0.2, 0.25) is 0 Å². The molecule has 4 unspecified atom stereocenters. The number of thioether (sulfide) groups is 1. The summed E-state index contributed by atoms with van der Waals surface area (Å²) in [5.74, 6) is -11.6. The van der Waals surface area contributed by atoms with Crippen LogP contribution in [0.15, 0.2) is 143 Å². The van der Waals surface area contributed by atoms with Crippen LogP contribution in [0.1, 0.15) is 51.9 Å². The lowest BCUT2D eigenvalue weighted by Crippen LogP contribution is -2.38. The van der Waals surface area contributed by atoms with Crippen molar-refractivity contribution in [2.75, 3.05) is 5.75 Å². The van der Waals surface area contributed by atoms with E-state index in [4.69, 9.17) is 18.9 Å². The van der Waals surface area contributed by atoms with Gasteiger partial charge in [-0.1, -0.05) is 152 Å². The first-order chi connectivity index (χ1) is 29.6. The minimum atomic E-state index is -2.35. The zero-order chi connectivity index (χ0) is 42.6. The highest BCUT2D eigenvalue weighted by Gasteiger charge is 2.39. The number of hydrogen-bond acceptors (Lipinski definition) is 7. The monoisotopic (exact) mass is 848 g/mol. The van der Waals surface area contributed by atoms with Gasteiger partial charge in [-0.05, 0) is 27.8 Å². The molecule has 1 aromatic heterocycles. The van der Waals surface area contributed by atoms with Crippen molar-refractivity contribution in [3.8, 4) is 33.7 Å². The van der Waals surface area contributed by atoms with Crippen molar-refractivity contribution < 1.29 is 45.7 Å². The number of carbonyl (C=O) groups excluding carboxylic acids is 1. The molecular weight excluding hydrogens is 812 g/mol.